The van der Waals surface area contributed by atoms with Gasteiger partial charge in [-0.25, -0.2) is 4.79 Å². The van der Waals surface area contributed by atoms with Gasteiger partial charge in [-0.3, -0.25) is 0 Å². The Bertz CT molecular complexity index is 652. The molecule has 2 N–H and O–H groups in total. The molecular weight excluding hydrogens is 324 g/mol. The summed E-state index contributed by atoms with van der Waals surface area (Å²) in [6, 6.07) is 18.5. The summed E-state index contributed by atoms with van der Waals surface area (Å²) < 4.78 is 0. The third kappa shape index (κ3) is 7.40. The van der Waals surface area contributed by atoms with Crippen molar-refractivity contribution < 1.29 is 15.0 Å². The zero-order valence-corrected chi connectivity index (χ0v) is 15.4. The van der Waals surface area contributed by atoms with Crippen LogP contribution in [0, 0.1) is 0 Å². The minimum Gasteiger partial charge on any atom is -0.479 e. The summed E-state index contributed by atoms with van der Waals surface area (Å²) in [7, 11) is 0. The zero-order valence-electron chi connectivity index (χ0n) is 15.4. The number of aliphatic hydroxyl groups is 1. The monoisotopic (exact) mass is 354 g/mol. The lowest BCUT2D eigenvalue weighted by molar-refractivity contribution is -0.146. The van der Waals surface area contributed by atoms with Crippen LogP contribution in [0.1, 0.15) is 55.2 Å². The summed E-state index contributed by atoms with van der Waals surface area (Å²) in [6.45, 7) is 0. The average Bonchev–Trinajstić information content (AvgIpc) is 2.65. The fourth-order valence-electron chi connectivity index (χ4n) is 3.29. The minimum atomic E-state index is -1.32. The molecule has 140 valence electrons. The van der Waals surface area contributed by atoms with Crippen molar-refractivity contribution in [2.75, 3.05) is 0 Å². The highest BCUT2D eigenvalue weighted by Gasteiger charge is 2.15. The molecule has 2 aromatic carbocycles. The van der Waals surface area contributed by atoms with Crippen molar-refractivity contribution in [1.82, 2.24) is 0 Å². The smallest absolute Gasteiger partial charge is 0.332 e. The molecular formula is C23H30O3. The van der Waals surface area contributed by atoms with Crippen molar-refractivity contribution in [2.24, 2.45) is 0 Å². The molecule has 0 saturated heterocycles. The number of carbonyl (C=O) groups is 1. The van der Waals surface area contributed by atoms with E-state index in [1.165, 1.54) is 44.1 Å². The van der Waals surface area contributed by atoms with E-state index in [4.69, 9.17) is 5.11 Å². The highest BCUT2D eigenvalue weighted by molar-refractivity contribution is 5.72. The van der Waals surface area contributed by atoms with Gasteiger partial charge in [0.25, 0.3) is 0 Å². The fraction of sp³-hybridized carbons (Fsp3) is 0.435. The Morgan fingerprint density at radius 1 is 0.731 bits per heavy atom. The third-order valence-corrected chi connectivity index (χ3v) is 4.82. The molecule has 3 heteroatoms. The van der Waals surface area contributed by atoms with Crippen LogP contribution in [0.25, 0.3) is 0 Å². The fourth-order valence-corrected chi connectivity index (χ4v) is 3.29. The Balaban J connectivity index is 1.60. The Hall–Kier alpha value is -2.13. The molecule has 0 spiro atoms. The van der Waals surface area contributed by atoms with E-state index in [0.717, 1.165) is 24.0 Å². The van der Waals surface area contributed by atoms with Gasteiger partial charge in [0.15, 0.2) is 6.10 Å². The summed E-state index contributed by atoms with van der Waals surface area (Å²) >= 11 is 0. The van der Waals surface area contributed by atoms with E-state index in [1.54, 1.807) is 0 Å². The molecule has 0 bridgehead atoms. The molecule has 0 amide bonds. The van der Waals surface area contributed by atoms with E-state index in [2.05, 4.69) is 30.3 Å². The number of carboxylic acids is 1. The molecule has 0 radical (unpaired) electrons. The second-order valence-corrected chi connectivity index (χ2v) is 6.93. The maximum Gasteiger partial charge on any atom is 0.332 e. The van der Waals surface area contributed by atoms with E-state index in [-0.39, 0.29) is 6.42 Å². The Morgan fingerprint density at radius 3 is 1.92 bits per heavy atom. The van der Waals surface area contributed by atoms with Crippen LogP contribution in [-0.2, 0) is 24.1 Å². The molecule has 2 rings (SSSR count). The number of aliphatic carboxylic acids is 1. The second kappa shape index (κ2) is 11.5. The number of hydrogen-bond acceptors (Lipinski definition) is 2. The molecule has 0 aromatic heterocycles. The topological polar surface area (TPSA) is 57.5 Å². The Kier molecular flexibility index (Phi) is 8.91. The van der Waals surface area contributed by atoms with Crippen molar-refractivity contribution in [2.45, 2.75) is 63.9 Å². The lowest BCUT2D eigenvalue weighted by Gasteiger charge is -2.11. The van der Waals surface area contributed by atoms with E-state index >= 15 is 0 Å². The predicted octanol–water partition coefficient (Wildman–Crippen LogP) is 4.80. The predicted molar refractivity (Wildman–Crippen MR) is 105 cm³/mol. The summed E-state index contributed by atoms with van der Waals surface area (Å²) in [5.74, 6) is -1.16. The summed E-state index contributed by atoms with van der Waals surface area (Å²) in [6.07, 6.45) is 8.33. The molecule has 0 saturated carbocycles. The zero-order chi connectivity index (χ0) is 18.6. The van der Waals surface area contributed by atoms with Gasteiger partial charge >= 0.3 is 5.97 Å². The van der Waals surface area contributed by atoms with Crippen LogP contribution in [-0.4, -0.2) is 22.3 Å². The third-order valence-electron chi connectivity index (χ3n) is 4.82. The van der Waals surface area contributed by atoms with Crippen LogP contribution >= 0.6 is 0 Å². The lowest BCUT2D eigenvalue weighted by atomic mass is 9.96. The van der Waals surface area contributed by atoms with E-state index in [1.807, 2.05) is 24.3 Å². The highest BCUT2D eigenvalue weighted by Crippen LogP contribution is 2.16. The van der Waals surface area contributed by atoms with Gasteiger partial charge in [0, 0.05) is 6.42 Å². The Labute approximate surface area is 156 Å². The van der Waals surface area contributed by atoms with E-state index < -0.39 is 12.1 Å². The number of aliphatic hydroxyl groups excluding tert-OH is 1. The van der Waals surface area contributed by atoms with E-state index in [0.29, 0.717) is 0 Å². The van der Waals surface area contributed by atoms with Crippen molar-refractivity contribution in [3.63, 3.8) is 0 Å². The van der Waals surface area contributed by atoms with Gasteiger partial charge in [-0.05, 0) is 42.4 Å². The number of aryl methyl sites for hydroxylation is 2. The van der Waals surface area contributed by atoms with Gasteiger partial charge in [0.05, 0.1) is 0 Å². The maximum atomic E-state index is 10.8. The normalized spacial score (nSPS) is 12.0. The van der Waals surface area contributed by atoms with Crippen molar-refractivity contribution >= 4 is 5.97 Å². The van der Waals surface area contributed by atoms with Crippen LogP contribution in [0.2, 0.25) is 0 Å². The van der Waals surface area contributed by atoms with Crippen molar-refractivity contribution in [3.8, 4) is 0 Å². The maximum absolute atomic E-state index is 10.8. The second-order valence-electron chi connectivity index (χ2n) is 6.93. The average molecular weight is 354 g/mol. The van der Waals surface area contributed by atoms with Gasteiger partial charge in [0.2, 0.25) is 0 Å². The highest BCUT2D eigenvalue weighted by atomic mass is 16.4. The summed E-state index contributed by atoms with van der Waals surface area (Å²) in [5.41, 5.74) is 3.54. The Morgan fingerprint density at radius 2 is 1.27 bits per heavy atom. The van der Waals surface area contributed by atoms with Gasteiger partial charge in [-0.1, -0.05) is 80.3 Å². The molecule has 2 aromatic rings. The minimum absolute atomic E-state index is 0.186. The molecule has 3 nitrogen and oxygen atoms in total. The number of rotatable bonds is 12. The first-order valence-electron chi connectivity index (χ1n) is 9.68. The van der Waals surface area contributed by atoms with Gasteiger partial charge in [-0.2, -0.15) is 0 Å². The number of hydrogen-bond donors (Lipinski definition) is 2. The number of benzene rings is 2. The molecule has 0 fully saturated rings. The van der Waals surface area contributed by atoms with Gasteiger partial charge in [-0.15, -0.1) is 0 Å². The molecule has 0 heterocycles. The van der Waals surface area contributed by atoms with Crippen molar-refractivity contribution in [1.29, 1.82) is 0 Å². The van der Waals surface area contributed by atoms with Crippen LogP contribution in [0.15, 0.2) is 54.6 Å². The summed E-state index contributed by atoms with van der Waals surface area (Å²) in [4.78, 5) is 10.8. The quantitative estimate of drug-likeness (QED) is 0.538. The SMILES string of the molecule is O=C(O)C(O)Cc1ccccc1CCCCCCCCc1ccccc1. The van der Waals surface area contributed by atoms with Crippen LogP contribution in [0.3, 0.4) is 0 Å². The van der Waals surface area contributed by atoms with Crippen LogP contribution < -0.4 is 0 Å². The molecule has 26 heavy (non-hydrogen) atoms. The largest absolute Gasteiger partial charge is 0.479 e. The molecule has 0 aliphatic rings. The van der Waals surface area contributed by atoms with Crippen LogP contribution in [0.5, 0.6) is 0 Å². The summed E-state index contributed by atoms with van der Waals surface area (Å²) in [5, 5.41) is 18.5. The van der Waals surface area contributed by atoms with Crippen molar-refractivity contribution in [3.05, 3.63) is 71.3 Å². The first-order chi connectivity index (χ1) is 12.7. The van der Waals surface area contributed by atoms with Gasteiger partial charge in [0.1, 0.15) is 0 Å². The van der Waals surface area contributed by atoms with Crippen LogP contribution in [0.4, 0.5) is 0 Å². The molecule has 0 aliphatic heterocycles. The number of carboxylic acid groups (broad SMARTS) is 1. The van der Waals surface area contributed by atoms with Gasteiger partial charge < -0.3 is 10.2 Å². The number of unbranched alkanes of at least 4 members (excludes halogenated alkanes) is 5. The molecule has 0 aliphatic carbocycles. The standard InChI is InChI=1S/C23H30O3/c24-22(23(25)26)18-21-17-11-10-16-20(21)15-9-4-2-1-3-6-12-19-13-7-5-8-14-19/h5,7-8,10-11,13-14,16-17,22,24H,1-4,6,9,12,15,18H2,(H,25,26). The lowest BCUT2D eigenvalue weighted by Crippen LogP contribution is -2.22. The molecule has 1 unspecified atom stereocenters. The molecule has 1 atom stereocenters. The first-order valence-corrected chi connectivity index (χ1v) is 9.68. The van der Waals surface area contributed by atoms with E-state index in [9.17, 15) is 9.90 Å². The first kappa shape index (κ1) is 20.2.